The molecule has 1 aromatic carbocycles. The van der Waals surface area contributed by atoms with Gasteiger partial charge in [-0.3, -0.25) is 0 Å². The van der Waals surface area contributed by atoms with Crippen molar-refractivity contribution in [3.05, 3.63) is 35.4 Å². The van der Waals surface area contributed by atoms with Crippen molar-refractivity contribution in [2.24, 2.45) is 0 Å². The van der Waals surface area contributed by atoms with Crippen molar-refractivity contribution in [3.8, 4) is 0 Å². The zero-order chi connectivity index (χ0) is 17.2. The van der Waals surface area contributed by atoms with E-state index < -0.39 is 11.7 Å². The van der Waals surface area contributed by atoms with Crippen LogP contribution < -0.4 is 5.32 Å². The topological polar surface area (TPSA) is 35.6 Å². The molecular formula is C17H22F3N3O. The van der Waals surface area contributed by atoms with Crippen molar-refractivity contribution in [1.29, 1.82) is 0 Å². The molecule has 0 aromatic heterocycles. The smallest absolute Gasteiger partial charge is 0.325 e. The molecule has 2 aliphatic heterocycles. The Morgan fingerprint density at radius 1 is 0.958 bits per heavy atom. The maximum absolute atomic E-state index is 12.6. The molecule has 0 spiro atoms. The molecule has 2 amide bonds. The van der Waals surface area contributed by atoms with Crippen molar-refractivity contribution >= 4 is 6.03 Å². The Kier molecular flexibility index (Phi) is 4.99. The number of halogens is 3. The Balaban J connectivity index is 1.55. The van der Waals surface area contributed by atoms with Crippen molar-refractivity contribution in [2.75, 3.05) is 39.3 Å². The number of nitrogens with zero attached hydrogens (tertiary/aromatic N) is 2. The average Bonchev–Trinajstić information content (AvgIpc) is 2.61. The van der Waals surface area contributed by atoms with Crippen LogP contribution in [0.25, 0.3) is 0 Å². The lowest BCUT2D eigenvalue weighted by molar-refractivity contribution is -0.137. The quantitative estimate of drug-likeness (QED) is 0.853. The molecule has 1 N–H and O–H groups in total. The number of piperazine rings is 1. The summed E-state index contributed by atoms with van der Waals surface area (Å²) in [7, 11) is 0. The van der Waals surface area contributed by atoms with Crippen LogP contribution in [0, 0.1) is 0 Å². The molecule has 2 heterocycles. The Morgan fingerprint density at radius 2 is 1.50 bits per heavy atom. The van der Waals surface area contributed by atoms with Crippen molar-refractivity contribution in [1.82, 2.24) is 15.1 Å². The van der Waals surface area contributed by atoms with Crippen LogP contribution in [-0.4, -0.2) is 55.1 Å². The number of hydrogen-bond donors (Lipinski definition) is 1. The highest BCUT2D eigenvalue weighted by Crippen LogP contribution is 2.33. The van der Waals surface area contributed by atoms with Crippen molar-refractivity contribution in [3.63, 3.8) is 0 Å². The number of piperidine rings is 1. The third-order valence-corrected chi connectivity index (χ3v) is 4.86. The van der Waals surface area contributed by atoms with E-state index in [0.29, 0.717) is 13.1 Å². The molecule has 24 heavy (non-hydrogen) atoms. The number of alkyl halides is 3. The molecule has 0 bridgehead atoms. The normalized spacial score (nSPS) is 20.3. The van der Waals surface area contributed by atoms with Gasteiger partial charge in [-0.2, -0.15) is 13.2 Å². The number of rotatable bonds is 1. The summed E-state index contributed by atoms with van der Waals surface area (Å²) >= 11 is 0. The fraction of sp³-hybridized carbons (Fsp3) is 0.588. The van der Waals surface area contributed by atoms with E-state index in [4.69, 9.17) is 0 Å². The maximum atomic E-state index is 12.6. The third-order valence-electron chi connectivity index (χ3n) is 4.86. The molecule has 4 nitrogen and oxygen atoms in total. The second-order valence-electron chi connectivity index (χ2n) is 6.40. The van der Waals surface area contributed by atoms with E-state index in [1.54, 1.807) is 12.1 Å². The SMILES string of the molecule is O=C(N1CCNCC1)N1CCC(c2ccc(C(F)(F)F)cc2)CC1. The minimum atomic E-state index is -4.29. The minimum Gasteiger partial charge on any atom is -0.325 e. The first kappa shape index (κ1) is 17.1. The molecule has 3 rings (SSSR count). The van der Waals surface area contributed by atoms with E-state index in [2.05, 4.69) is 5.32 Å². The Bertz CT molecular complexity index is 559. The molecule has 7 heteroatoms. The largest absolute Gasteiger partial charge is 0.416 e. The Hall–Kier alpha value is -1.76. The standard InChI is InChI=1S/C17H22F3N3O/c18-17(19,20)15-3-1-13(2-4-15)14-5-9-22(10-6-14)16(24)23-11-7-21-8-12-23/h1-4,14,21H,5-12H2. The number of carbonyl (C=O) groups excluding carboxylic acids is 1. The number of amides is 2. The van der Waals surface area contributed by atoms with Gasteiger partial charge in [0.1, 0.15) is 0 Å². The molecule has 0 unspecified atom stereocenters. The molecule has 0 aliphatic carbocycles. The minimum absolute atomic E-state index is 0.0855. The Labute approximate surface area is 139 Å². The fourth-order valence-corrected chi connectivity index (χ4v) is 3.40. The first-order valence-corrected chi connectivity index (χ1v) is 8.37. The summed E-state index contributed by atoms with van der Waals surface area (Å²) in [4.78, 5) is 16.2. The molecular weight excluding hydrogens is 319 g/mol. The van der Waals surface area contributed by atoms with Gasteiger partial charge in [0.15, 0.2) is 0 Å². The third kappa shape index (κ3) is 3.83. The van der Waals surface area contributed by atoms with E-state index in [0.717, 1.165) is 56.7 Å². The highest BCUT2D eigenvalue weighted by atomic mass is 19.4. The van der Waals surface area contributed by atoms with Gasteiger partial charge in [0.05, 0.1) is 5.56 Å². The first-order chi connectivity index (χ1) is 11.4. The van der Waals surface area contributed by atoms with Gasteiger partial charge in [-0.15, -0.1) is 0 Å². The van der Waals surface area contributed by atoms with Crippen LogP contribution in [0.1, 0.15) is 29.9 Å². The molecule has 0 atom stereocenters. The highest BCUT2D eigenvalue weighted by molar-refractivity contribution is 5.74. The molecule has 132 valence electrons. The van der Waals surface area contributed by atoms with Gasteiger partial charge in [-0.25, -0.2) is 4.79 Å². The zero-order valence-corrected chi connectivity index (χ0v) is 13.5. The van der Waals surface area contributed by atoms with Crippen LogP contribution in [0.15, 0.2) is 24.3 Å². The summed E-state index contributed by atoms with van der Waals surface area (Å²) in [6.45, 7) is 4.44. The van der Waals surface area contributed by atoms with E-state index in [-0.39, 0.29) is 11.9 Å². The van der Waals surface area contributed by atoms with Crippen molar-refractivity contribution < 1.29 is 18.0 Å². The van der Waals surface area contributed by atoms with Gasteiger partial charge in [0.2, 0.25) is 0 Å². The van der Waals surface area contributed by atoms with Crippen LogP contribution in [-0.2, 0) is 6.18 Å². The lowest BCUT2D eigenvalue weighted by atomic mass is 9.89. The predicted molar refractivity (Wildman–Crippen MR) is 84.8 cm³/mol. The van der Waals surface area contributed by atoms with Crippen LogP contribution in [0.2, 0.25) is 0 Å². The van der Waals surface area contributed by atoms with Crippen LogP contribution >= 0.6 is 0 Å². The van der Waals surface area contributed by atoms with E-state index >= 15 is 0 Å². The molecule has 0 radical (unpaired) electrons. The van der Waals surface area contributed by atoms with Gasteiger partial charge in [0, 0.05) is 39.3 Å². The van der Waals surface area contributed by atoms with Gasteiger partial charge in [-0.1, -0.05) is 12.1 Å². The molecule has 2 aliphatic rings. The number of carbonyl (C=O) groups is 1. The van der Waals surface area contributed by atoms with Gasteiger partial charge in [0.25, 0.3) is 0 Å². The molecule has 1 aromatic rings. The predicted octanol–water partition coefficient (Wildman–Crippen LogP) is 2.91. The number of hydrogen-bond acceptors (Lipinski definition) is 2. The van der Waals surface area contributed by atoms with Crippen molar-refractivity contribution in [2.45, 2.75) is 24.9 Å². The summed E-state index contributed by atoms with van der Waals surface area (Å²) in [5.41, 5.74) is 0.315. The zero-order valence-electron chi connectivity index (χ0n) is 13.5. The summed E-state index contributed by atoms with van der Waals surface area (Å²) < 4.78 is 37.9. The molecule has 2 saturated heterocycles. The highest BCUT2D eigenvalue weighted by Gasteiger charge is 2.31. The van der Waals surface area contributed by atoms with Gasteiger partial charge < -0.3 is 15.1 Å². The van der Waals surface area contributed by atoms with E-state index in [9.17, 15) is 18.0 Å². The average molecular weight is 341 g/mol. The van der Waals surface area contributed by atoms with Crippen LogP contribution in [0.4, 0.5) is 18.0 Å². The molecule has 0 saturated carbocycles. The first-order valence-electron chi connectivity index (χ1n) is 8.37. The fourth-order valence-electron chi connectivity index (χ4n) is 3.40. The molecule has 2 fully saturated rings. The number of benzene rings is 1. The van der Waals surface area contributed by atoms with Crippen LogP contribution in [0.3, 0.4) is 0 Å². The Morgan fingerprint density at radius 3 is 2.04 bits per heavy atom. The van der Waals surface area contributed by atoms with E-state index in [1.165, 1.54) is 0 Å². The number of likely N-dealkylation sites (tertiary alicyclic amines) is 1. The maximum Gasteiger partial charge on any atom is 0.416 e. The lowest BCUT2D eigenvalue weighted by Crippen LogP contribution is -2.52. The summed E-state index contributed by atoms with van der Waals surface area (Å²) in [6.07, 6.45) is -2.70. The van der Waals surface area contributed by atoms with Gasteiger partial charge in [-0.05, 0) is 36.5 Å². The summed E-state index contributed by atoms with van der Waals surface area (Å²) in [5, 5.41) is 3.22. The second kappa shape index (κ2) is 7.01. The summed E-state index contributed by atoms with van der Waals surface area (Å²) in [6, 6.07) is 5.52. The number of urea groups is 1. The van der Waals surface area contributed by atoms with Gasteiger partial charge >= 0.3 is 12.2 Å². The monoisotopic (exact) mass is 341 g/mol. The lowest BCUT2D eigenvalue weighted by Gasteiger charge is -2.37. The van der Waals surface area contributed by atoms with E-state index in [1.807, 2.05) is 9.80 Å². The van der Waals surface area contributed by atoms with Crippen LogP contribution in [0.5, 0.6) is 0 Å². The number of nitrogens with one attached hydrogen (secondary N) is 1. The summed E-state index contributed by atoms with van der Waals surface area (Å²) in [5.74, 6) is 0.222. The second-order valence-corrected chi connectivity index (χ2v) is 6.40.